The van der Waals surface area contributed by atoms with E-state index in [1.165, 1.54) is 0 Å². The molecule has 0 saturated carbocycles. The van der Waals surface area contributed by atoms with Gasteiger partial charge in [0.15, 0.2) is 0 Å². The molecule has 136 valence electrons. The summed E-state index contributed by atoms with van der Waals surface area (Å²) in [6.45, 7) is 2.55. The van der Waals surface area contributed by atoms with Gasteiger partial charge in [-0.15, -0.1) is 0 Å². The molecule has 0 unspecified atom stereocenters. The number of ether oxygens (including phenoxy) is 1. The first-order valence-corrected chi connectivity index (χ1v) is 8.67. The Bertz CT molecular complexity index is 965. The lowest BCUT2D eigenvalue weighted by Crippen LogP contribution is -2.09. The highest BCUT2D eigenvalue weighted by molar-refractivity contribution is 5.65. The van der Waals surface area contributed by atoms with Gasteiger partial charge in [0.25, 0.3) is 0 Å². The Morgan fingerprint density at radius 3 is 2.59 bits per heavy atom. The van der Waals surface area contributed by atoms with Gasteiger partial charge in [0.05, 0.1) is 18.4 Å². The van der Waals surface area contributed by atoms with Gasteiger partial charge in [-0.25, -0.2) is 9.97 Å². The van der Waals surface area contributed by atoms with Gasteiger partial charge in [0.2, 0.25) is 0 Å². The third-order valence-electron chi connectivity index (χ3n) is 4.04. The summed E-state index contributed by atoms with van der Waals surface area (Å²) in [6.07, 6.45) is 0.813. The molecule has 27 heavy (non-hydrogen) atoms. The summed E-state index contributed by atoms with van der Waals surface area (Å²) in [4.78, 5) is 8.84. The first-order chi connectivity index (χ1) is 13.2. The summed E-state index contributed by atoms with van der Waals surface area (Å²) in [7, 11) is 1.68. The van der Waals surface area contributed by atoms with Crippen molar-refractivity contribution in [3.8, 4) is 11.8 Å². The van der Waals surface area contributed by atoms with Crippen molar-refractivity contribution in [1.29, 1.82) is 5.26 Å². The highest BCUT2D eigenvalue weighted by atomic mass is 16.5. The highest BCUT2D eigenvalue weighted by Gasteiger charge is 2.06. The maximum Gasteiger partial charge on any atom is 0.136 e. The third kappa shape index (κ3) is 4.73. The monoisotopic (exact) mass is 359 g/mol. The van der Waals surface area contributed by atoms with E-state index in [4.69, 9.17) is 4.74 Å². The first kappa shape index (κ1) is 18.2. The number of rotatable bonds is 7. The van der Waals surface area contributed by atoms with Crippen LogP contribution in [0.15, 0.2) is 54.6 Å². The Hall–Kier alpha value is -3.59. The average molecular weight is 359 g/mol. The molecule has 3 aromatic rings. The van der Waals surface area contributed by atoms with Crippen LogP contribution in [0.1, 0.15) is 17.0 Å². The molecule has 0 spiro atoms. The number of hydrogen-bond donors (Lipinski definition) is 2. The van der Waals surface area contributed by atoms with E-state index in [-0.39, 0.29) is 0 Å². The fourth-order valence-corrected chi connectivity index (χ4v) is 2.78. The number of aromatic nitrogens is 2. The molecule has 1 aromatic heterocycles. The molecule has 0 bridgehead atoms. The molecular weight excluding hydrogens is 338 g/mol. The van der Waals surface area contributed by atoms with E-state index in [9.17, 15) is 5.26 Å². The van der Waals surface area contributed by atoms with Crippen LogP contribution in [0.3, 0.4) is 0 Å². The van der Waals surface area contributed by atoms with Crippen LogP contribution in [0.25, 0.3) is 0 Å². The van der Waals surface area contributed by atoms with Crippen LogP contribution in [0, 0.1) is 18.3 Å². The summed E-state index contributed by atoms with van der Waals surface area (Å²) in [5, 5.41) is 15.8. The van der Waals surface area contributed by atoms with Gasteiger partial charge in [-0.2, -0.15) is 5.26 Å². The van der Waals surface area contributed by atoms with E-state index in [0.29, 0.717) is 23.8 Å². The van der Waals surface area contributed by atoms with Gasteiger partial charge in [-0.05, 0) is 37.1 Å². The van der Waals surface area contributed by atoms with E-state index in [0.717, 1.165) is 29.2 Å². The topological polar surface area (TPSA) is 82.9 Å². The Labute approximate surface area is 158 Å². The second kappa shape index (κ2) is 8.68. The van der Waals surface area contributed by atoms with E-state index < -0.39 is 0 Å². The van der Waals surface area contributed by atoms with Crippen LogP contribution in [0.4, 0.5) is 17.3 Å². The molecule has 0 aliphatic heterocycles. The Kier molecular flexibility index (Phi) is 5.85. The largest absolute Gasteiger partial charge is 0.496 e. The minimum Gasteiger partial charge on any atom is -0.496 e. The molecule has 2 aromatic carbocycles. The van der Waals surface area contributed by atoms with Gasteiger partial charge in [0, 0.05) is 12.6 Å². The number of anilines is 3. The second-order valence-electron chi connectivity index (χ2n) is 5.96. The van der Waals surface area contributed by atoms with E-state index in [2.05, 4.69) is 32.7 Å². The molecule has 1 heterocycles. The SMILES string of the molecule is COc1ccccc1CCNc1cc(Nc2ccccc2C#N)nc(C)n1. The maximum absolute atomic E-state index is 9.23. The predicted molar refractivity (Wildman–Crippen MR) is 106 cm³/mol. The minimum absolute atomic E-state index is 0.569. The maximum atomic E-state index is 9.23. The fraction of sp³-hybridized carbons (Fsp3) is 0.190. The number of nitrogens with one attached hydrogen (secondary N) is 2. The third-order valence-corrected chi connectivity index (χ3v) is 4.04. The predicted octanol–water partition coefficient (Wildman–Crippen LogP) is 4.06. The number of nitrogens with zero attached hydrogens (tertiary/aromatic N) is 3. The van der Waals surface area contributed by atoms with Gasteiger partial charge in [0.1, 0.15) is 29.3 Å². The van der Waals surface area contributed by atoms with Crippen molar-refractivity contribution in [2.45, 2.75) is 13.3 Å². The van der Waals surface area contributed by atoms with Crippen molar-refractivity contribution in [2.75, 3.05) is 24.3 Å². The standard InChI is InChI=1S/C21H21N5O/c1-15-24-20(23-12-11-16-7-4-6-10-19(16)27-2)13-21(25-15)26-18-9-5-3-8-17(18)14-22/h3-10,13H,11-12H2,1-2H3,(H2,23,24,25,26). The number of aryl methyl sites for hydroxylation is 1. The molecule has 6 nitrogen and oxygen atoms in total. The average Bonchev–Trinajstić information content (AvgIpc) is 2.68. The number of benzene rings is 2. The molecule has 0 aliphatic rings. The Balaban J connectivity index is 1.69. The molecule has 0 atom stereocenters. The molecule has 0 radical (unpaired) electrons. The quantitative estimate of drug-likeness (QED) is 0.662. The van der Waals surface area contributed by atoms with E-state index >= 15 is 0 Å². The van der Waals surface area contributed by atoms with Crippen molar-refractivity contribution in [3.63, 3.8) is 0 Å². The fourth-order valence-electron chi connectivity index (χ4n) is 2.78. The number of para-hydroxylation sites is 2. The molecule has 0 saturated heterocycles. The molecule has 3 rings (SSSR count). The molecule has 0 amide bonds. The lowest BCUT2D eigenvalue weighted by Gasteiger charge is -2.12. The molecule has 0 fully saturated rings. The Morgan fingerprint density at radius 2 is 1.78 bits per heavy atom. The van der Waals surface area contributed by atoms with Crippen molar-refractivity contribution >= 4 is 17.3 Å². The van der Waals surface area contributed by atoms with Crippen LogP contribution in [-0.4, -0.2) is 23.6 Å². The van der Waals surface area contributed by atoms with Crippen molar-refractivity contribution in [2.24, 2.45) is 0 Å². The van der Waals surface area contributed by atoms with Crippen LogP contribution < -0.4 is 15.4 Å². The van der Waals surface area contributed by atoms with Crippen LogP contribution in [-0.2, 0) is 6.42 Å². The Morgan fingerprint density at radius 1 is 1.04 bits per heavy atom. The zero-order valence-corrected chi connectivity index (χ0v) is 15.4. The lowest BCUT2D eigenvalue weighted by atomic mass is 10.1. The van der Waals surface area contributed by atoms with Crippen molar-refractivity contribution in [1.82, 2.24) is 9.97 Å². The zero-order chi connectivity index (χ0) is 19.1. The van der Waals surface area contributed by atoms with Crippen LogP contribution >= 0.6 is 0 Å². The summed E-state index contributed by atoms with van der Waals surface area (Å²) in [5.41, 5.74) is 2.43. The number of hydrogen-bond acceptors (Lipinski definition) is 6. The van der Waals surface area contributed by atoms with Crippen LogP contribution in [0.5, 0.6) is 5.75 Å². The molecule has 6 heteroatoms. The van der Waals surface area contributed by atoms with Gasteiger partial charge in [-0.3, -0.25) is 0 Å². The molecular formula is C21H21N5O. The van der Waals surface area contributed by atoms with Crippen molar-refractivity contribution in [3.05, 3.63) is 71.5 Å². The lowest BCUT2D eigenvalue weighted by molar-refractivity contribution is 0.410. The van der Waals surface area contributed by atoms with Gasteiger partial charge < -0.3 is 15.4 Å². The molecule has 2 N–H and O–H groups in total. The normalized spacial score (nSPS) is 10.1. The van der Waals surface area contributed by atoms with Gasteiger partial charge >= 0.3 is 0 Å². The van der Waals surface area contributed by atoms with Crippen LogP contribution in [0.2, 0.25) is 0 Å². The molecule has 0 aliphatic carbocycles. The smallest absolute Gasteiger partial charge is 0.136 e. The number of methoxy groups -OCH3 is 1. The highest BCUT2D eigenvalue weighted by Crippen LogP contribution is 2.21. The first-order valence-electron chi connectivity index (χ1n) is 8.67. The minimum atomic E-state index is 0.569. The summed E-state index contributed by atoms with van der Waals surface area (Å²) >= 11 is 0. The summed E-state index contributed by atoms with van der Waals surface area (Å²) < 4.78 is 5.38. The van der Waals surface area contributed by atoms with Crippen molar-refractivity contribution < 1.29 is 4.74 Å². The number of nitriles is 1. The van der Waals surface area contributed by atoms with Gasteiger partial charge in [-0.1, -0.05) is 30.3 Å². The van der Waals surface area contributed by atoms with E-state index in [1.807, 2.05) is 49.4 Å². The summed E-state index contributed by atoms with van der Waals surface area (Å²) in [6, 6.07) is 19.3. The van der Waals surface area contributed by atoms with E-state index in [1.54, 1.807) is 13.2 Å². The summed E-state index contributed by atoms with van der Waals surface area (Å²) in [5.74, 6) is 2.90. The zero-order valence-electron chi connectivity index (χ0n) is 15.4. The second-order valence-corrected chi connectivity index (χ2v) is 5.96.